The Morgan fingerprint density at radius 3 is 2.10 bits per heavy atom. The fourth-order valence-electron chi connectivity index (χ4n) is 5.20. The summed E-state index contributed by atoms with van der Waals surface area (Å²) in [6.45, 7) is 5.66. The minimum absolute atomic E-state index is 0.202. The summed E-state index contributed by atoms with van der Waals surface area (Å²) in [7, 11) is 1.61. The van der Waals surface area contributed by atoms with E-state index in [1.807, 2.05) is 30.3 Å². The Bertz CT molecular complexity index is 1250. The van der Waals surface area contributed by atoms with Crippen molar-refractivity contribution in [3.05, 3.63) is 83.4 Å². The highest BCUT2D eigenvalue weighted by Crippen LogP contribution is 2.40. The molecule has 1 atom stereocenters. The van der Waals surface area contributed by atoms with Crippen molar-refractivity contribution in [2.45, 2.75) is 32.3 Å². The van der Waals surface area contributed by atoms with Gasteiger partial charge in [-0.15, -0.1) is 0 Å². The van der Waals surface area contributed by atoms with E-state index in [0.717, 1.165) is 64.8 Å². The maximum Gasteiger partial charge on any atom is 0.231 e. The summed E-state index contributed by atoms with van der Waals surface area (Å²) < 4.78 is 27.8. The second kappa shape index (κ2) is 13.0. The van der Waals surface area contributed by atoms with Gasteiger partial charge in [0.1, 0.15) is 24.2 Å². The van der Waals surface area contributed by atoms with Gasteiger partial charge in [0.05, 0.1) is 0 Å². The summed E-state index contributed by atoms with van der Waals surface area (Å²) in [5, 5.41) is 10.4. The highest BCUT2D eigenvalue weighted by atomic mass is 16.7. The van der Waals surface area contributed by atoms with Crippen LogP contribution in [0.15, 0.2) is 66.7 Å². The molecule has 2 aliphatic rings. The van der Waals surface area contributed by atoms with Gasteiger partial charge < -0.3 is 33.7 Å². The van der Waals surface area contributed by atoms with Gasteiger partial charge in [0.15, 0.2) is 18.3 Å². The topological polar surface area (TPSA) is 69.6 Å². The molecule has 5 rings (SSSR count). The molecule has 0 amide bonds. The van der Waals surface area contributed by atoms with Gasteiger partial charge in [0.25, 0.3) is 0 Å². The lowest BCUT2D eigenvalue weighted by Gasteiger charge is -2.20. The Balaban J connectivity index is 1.42. The Labute approximate surface area is 230 Å². The summed E-state index contributed by atoms with van der Waals surface area (Å²) in [6.07, 6.45) is 2.73. The first-order valence-corrected chi connectivity index (χ1v) is 13.6. The smallest absolute Gasteiger partial charge is 0.231 e. The number of nitrogens with zero attached hydrogens (tertiary/aromatic N) is 1. The number of allylic oxidation sites excluding steroid dienone is 1. The number of hydrogen-bond acceptors (Lipinski definition) is 7. The molecular formula is C32H37NO6. The number of likely N-dealkylation sites (tertiary alicyclic amines) is 1. The molecule has 3 aromatic carbocycles. The van der Waals surface area contributed by atoms with Crippen LogP contribution in [0.4, 0.5) is 0 Å². The van der Waals surface area contributed by atoms with Crippen LogP contribution in [0.25, 0.3) is 11.1 Å². The number of ether oxygens (including phenoxy) is 5. The lowest BCUT2D eigenvalue weighted by Crippen LogP contribution is -2.33. The van der Waals surface area contributed by atoms with Crippen molar-refractivity contribution in [2.75, 3.05) is 46.9 Å². The first-order valence-electron chi connectivity index (χ1n) is 13.6. The van der Waals surface area contributed by atoms with Crippen LogP contribution in [-0.4, -0.2) is 63.0 Å². The van der Waals surface area contributed by atoms with Crippen LogP contribution in [0.1, 0.15) is 42.9 Å². The Hall–Kier alpha value is -3.52. The number of methoxy groups -OCH3 is 1. The molecule has 2 aliphatic heterocycles. The minimum Gasteiger partial charge on any atom is -0.491 e. The van der Waals surface area contributed by atoms with Crippen molar-refractivity contribution < 1.29 is 28.8 Å². The molecule has 7 nitrogen and oxygen atoms in total. The molecule has 1 saturated heterocycles. The van der Waals surface area contributed by atoms with Gasteiger partial charge in [-0.05, 0) is 96.6 Å². The molecule has 2 heterocycles. The standard InChI is InChI=1S/C32H37NO6/c1-3-29(25-10-15-30-31(18-25)39-22-38-30)32(24-8-13-28(14-9-24)37-21-35-2)23-6-11-27(12-7-23)36-20-26(34)19-33-16-4-5-17-33/h6-15,18,26,34H,3-5,16-17,19-22H2,1-2H3. The van der Waals surface area contributed by atoms with Gasteiger partial charge in [-0.1, -0.05) is 37.3 Å². The van der Waals surface area contributed by atoms with Crippen LogP contribution in [-0.2, 0) is 4.74 Å². The van der Waals surface area contributed by atoms with Crippen LogP contribution < -0.4 is 18.9 Å². The molecule has 0 aliphatic carbocycles. The van der Waals surface area contributed by atoms with Crippen molar-refractivity contribution in [1.82, 2.24) is 4.90 Å². The molecule has 0 saturated carbocycles. The van der Waals surface area contributed by atoms with E-state index in [1.54, 1.807) is 7.11 Å². The normalized spacial score (nSPS) is 16.2. The van der Waals surface area contributed by atoms with Gasteiger partial charge in [-0.3, -0.25) is 0 Å². The van der Waals surface area contributed by atoms with Crippen LogP contribution in [0.3, 0.4) is 0 Å². The number of rotatable bonds is 12. The summed E-state index contributed by atoms with van der Waals surface area (Å²) >= 11 is 0. The molecule has 0 spiro atoms. The maximum atomic E-state index is 10.4. The molecule has 0 aromatic heterocycles. The fourth-order valence-corrected chi connectivity index (χ4v) is 5.20. The van der Waals surface area contributed by atoms with Crippen molar-refractivity contribution in [3.8, 4) is 23.0 Å². The van der Waals surface area contributed by atoms with E-state index in [-0.39, 0.29) is 20.2 Å². The number of aliphatic hydroxyl groups is 1. The number of benzene rings is 3. The maximum absolute atomic E-state index is 10.4. The van der Waals surface area contributed by atoms with E-state index in [2.05, 4.69) is 48.2 Å². The van der Waals surface area contributed by atoms with Crippen LogP contribution in [0.2, 0.25) is 0 Å². The lowest BCUT2D eigenvalue weighted by atomic mass is 9.88. The monoisotopic (exact) mass is 531 g/mol. The molecular weight excluding hydrogens is 494 g/mol. The van der Waals surface area contributed by atoms with Gasteiger partial charge in [-0.25, -0.2) is 0 Å². The summed E-state index contributed by atoms with van der Waals surface area (Å²) in [5.41, 5.74) is 5.54. The first-order chi connectivity index (χ1) is 19.1. The molecule has 1 N–H and O–H groups in total. The third-order valence-corrected chi connectivity index (χ3v) is 7.12. The van der Waals surface area contributed by atoms with Crippen LogP contribution in [0, 0.1) is 0 Å². The van der Waals surface area contributed by atoms with E-state index >= 15 is 0 Å². The predicted molar refractivity (Wildman–Crippen MR) is 151 cm³/mol. The number of aliphatic hydroxyl groups excluding tert-OH is 1. The third kappa shape index (κ3) is 6.74. The van der Waals surface area contributed by atoms with E-state index in [4.69, 9.17) is 23.7 Å². The summed E-state index contributed by atoms with van der Waals surface area (Å²) in [5.74, 6) is 3.02. The molecule has 0 bridgehead atoms. The van der Waals surface area contributed by atoms with E-state index in [0.29, 0.717) is 6.54 Å². The number of fused-ring (bicyclic) bond motifs is 1. The van der Waals surface area contributed by atoms with E-state index in [9.17, 15) is 5.11 Å². The summed E-state index contributed by atoms with van der Waals surface area (Å²) in [4.78, 5) is 2.29. The van der Waals surface area contributed by atoms with E-state index in [1.165, 1.54) is 18.4 Å². The largest absolute Gasteiger partial charge is 0.491 e. The second-order valence-electron chi connectivity index (χ2n) is 9.85. The zero-order valence-electron chi connectivity index (χ0n) is 22.7. The first kappa shape index (κ1) is 27.1. The van der Waals surface area contributed by atoms with Crippen molar-refractivity contribution >= 4 is 11.1 Å². The average molecular weight is 532 g/mol. The molecule has 1 fully saturated rings. The van der Waals surface area contributed by atoms with Crippen molar-refractivity contribution in [1.29, 1.82) is 0 Å². The predicted octanol–water partition coefficient (Wildman–Crippen LogP) is 5.60. The summed E-state index contributed by atoms with van der Waals surface area (Å²) in [6, 6.07) is 22.3. The molecule has 39 heavy (non-hydrogen) atoms. The SMILES string of the molecule is CCC(=C(c1ccc(OCOC)cc1)c1ccc(OCC(O)CN2CCCC2)cc1)c1ccc2c(c1)OCO2. The molecule has 1 unspecified atom stereocenters. The van der Waals surface area contributed by atoms with Gasteiger partial charge in [-0.2, -0.15) is 0 Å². The van der Waals surface area contributed by atoms with Gasteiger partial charge in [0.2, 0.25) is 6.79 Å². The lowest BCUT2D eigenvalue weighted by molar-refractivity contribution is 0.0511. The third-order valence-electron chi connectivity index (χ3n) is 7.12. The average Bonchev–Trinajstić information content (AvgIpc) is 3.66. The van der Waals surface area contributed by atoms with Crippen molar-refractivity contribution in [3.63, 3.8) is 0 Å². The van der Waals surface area contributed by atoms with Crippen molar-refractivity contribution in [2.24, 2.45) is 0 Å². The molecule has 206 valence electrons. The highest BCUT2D eigenvalue weighted by molar-refractivity contribution is 5.99. The van der Waals surface area contributed by atoms with Gasteiger partial charge >= 0.3 is 0 Å². The zero-order chi connectivity index (χ0) is 27.0. The second-order valence-corrected chi connectivity index (χ2v) is 9.85. The zero-order valence-corrected chi connectivity index (χ0v) is 22.7. The molecule has 7 heteroatoms. The Kier molecular flexibility index (Phi) is 9.04. The molecule has 3 aromatic rings. The Morgan fingerprint density at radius 2 is 1.46 bits per heavy atom. The van der Waals surface area contributed by atoms with E-state index < -0.39 is 6.10 Å². The number of β-amino-alcohol motifs (C(OH)–C–C–N with tert-alkyl or cyclic N) is 1. The fraction of sp³-hybridized carbons (Fsp3) is 0.375. The highest BCUT2D eigenvalue weighted by Gasteiger charge is 2.19. The van der Waals surface area contributed by atoms with Crippen LogP contribution >= 0.6 is 0 Å². The van der Waals surface area contributed by atoms with Gasteiger partial charge in [0, 0.05) is 13.7 Å². The minimum atomic E-state index is -0.505. The van der Waals surface area contributed by atoms with Crippen LogP contribution in [0.5, 0.6) is 23.0 Å². The quantitative estimate of drug-likeness (QED) is 0.241. The Morgan fingerprint density at radius 1 is 0.846 bits per heavy atom. The molecule has 0 radical (unpaired) electrons. The number of hydrogen-bond donors (Lipinski definition) is 1.